The Bertz CT molecular complexity index is 1070. The minimum absolute atomic E-state index is 0.148. The highest BCUT2D eigenvalue weighted by atomic mass is 16.2. The Balaban J connectivity index is 1.50. The molecule has 7 nitrogen and oxygen atoms in total. The lowest BCUT2D eigenvalue weighted by atomic mass is 10.1. The molecule has 2 aromatic heterocycles. The monoisotopic (exact) mass is 377 g/mol. The fraction of sp³-hybridized carbons (Fsp3) is 0.333. The number of amides is 2. The molecule has 28 heavy (non-hydrogen) atoms. The number of anilines is 1. The molecular weight excluding hydrogens is 354 g/mol. The maximum absolute atomic E-state index is 12.8. The van der Waals surface area contributed by atoms with E-state index >= 15 is 0 Å². The van der Waals surface area contributed by atoms with Crippen LogP contribution in [0.15, 0.2) is 30.3 Å². The summed E-state index contributed by atoms with van der Waals surface area (Å²) in [7, 11) is 1.83. The van der Waals surface area contributed by atoms with Crippen LogP contribution in [0.1, 0.15) is 40.2 Å². The smallest absolute Gasteiger partial charge is 0.252 e. The van der Waals surface area contributed by atoms with Crippen LogP contribution in [0, 0.1) is 13.8 Å². The molecule has 0 bridgehead atoms. The van der Waals surface area contributed by atoms with Crippen molar-refractivity contribution in [2.75, 3.05) is 11.4 Å². The van der Waals surface area contributed by atoms with Gasteiger partial charge in [-0.3, -0.25) is 14.3 Å². The van der Waals surface area contributed by atoms with Gasteiger partial charge in [-0.25, -0.2) is 4.98 Å². The third-order valence-corrected chi connectivity index (χ3v) is 5.12. The summed E-state index contributed by atoms with van der Waals surface area (Å²) in [6.07, 6.45) is 1.52. The molecule has 4 rings (SSSR count). The first-order valence-corrected chi connectivity index (χ1v) is 9.42. The van der Waals surface area contributed by atoms with Crippen molar-refractivity contribution in [3.8, 4) is 0 Å². The Labute approximate surface area is 163 Å². The van der Waals surface area contributed by atoms with E-state index in [2.05, 4.69) is 15.4 Å². The quantitative estimate of drug-likeness (QED) is 0.758. The van der Waals surface area contributed by atoms with Crippen LogP contribution >= 0.6 is 0 Å². The highest BCUT2D eigenvalue weighted by Gasteiger charge is 2.21. The van der Waals surface area contributed by atoms with Gasteiger partial charge in [0.2, 0.25) is 5.91 Å². The summed E-state index contributed by atoms with van der Waals surface area (Å²) in [5.74, 6) is 0.0235. The molecule has 0 unspecified atom stereocenters. The molecule has 3 aromatic rings. The molecular formula is C21H23N5O2. The van der Waals surface area contributed by atoms with Gasteiger partial charge in [0.25, 0.3) is 5.91 Å². The number of aromatic nitrogens is 3. The summed E-state index contributed by atoms with van der Waals surface area (Å²) in [6.45, 7) is 4.94. The minimum Gasteiger partial charge on any atom is -0.348 e. The third-order valence-electron chi connectivity index (χ3n) is 5.12. The predicted molar refractivity (Wildman–Crippen MR) is 107 cm³/mol. The summed E-state index contributed by atoms with van der Waals surface area (Å²) < 4.78 is 1.70. The SMILES string of the molecule is Cc1cc(C(=O)NCc2ccc(N3CCCC3=O)cc2)c2c(C)nn(C)c2n1. The Morgan fingerprint density at radius 1 is 1.21 bits per heavy atom. The minimum atomic E-state index is -0.148. The zero-order valence-corrected chi connectivity index (χ0v) is 16.3. The van der Waals surface area contributed by atoms with Gasteiger partial charge in [0, 0.05) is 37.9 Å². The van der Waals surface area contributed by atoms with Crippen molar-refractivity contribution in [2.24, 2.45) is 7.05 Å². The van der Waals surface area contributed by atoms with E-state index < -0.39 is 0 Å². The van der Waals surface area contributed by atoms with Gasteiger partial charge in [-0.15, -0.1) is 0 Å². The van der Waals surface area contributed by atoms with Crippen molar-refractivity contribution >= 4 is 28.5 Å². The molecule has 3 heterocycles. The molecule has 0 atom stereocenters. The van der Waals surface area contributed by atoms with Gasteiger partial charge in [0.1, 0.15) is 0 Å². The lowest BCUT2D eigenvalue weighted by Crippen LogP contribution is -2.24. The van der Waals surface area contributed by atoms with Crippen LogP contribution in [0.5, 0.6) is 0 Å². The summed E-state index contributed by atoms with van der Waals surface area (Å²) in [4.78, 5) is 31.0. The molecule has 1 aromatic carbocycles. The van der Waals surface area contributed by atoms with Gasteiger partial charge in [0.15, 0.2) is 5.65 Å². The van der Waals surface area contributed by atoms with E-state index in [1.807, 2.05) is 50.1 Å². The maximum Gasteiger partial charge on any atom is 0.252 e. The molecule has 0 saturated carbocycles. The van der Waals surface area contributed by atoms with Gasteiger partial charge in [0.05, 0.1) is 16.6 Å². The zero-order chi connectivity index (χ0) is 19.8. The molecule has 1 N–H and O–H groups in total. The summed E-state index contributed by atoms with van der Waals surface area (Å²) >= 11 is 0. The van der Waals surface area contributed by atoms with Crippen molar-refractivity contribution in [3.63, 3.8) is 0 Å². The number of hydrogen-bond donors (Lipinski definition) is 1. The molecule has 1 saturated heterocycles. The molecule has 1 aliphatic rings. The number of carbonyl (C=O) groups excluding carboxylic acids is 2. The Kier molecular flexibility index (Phi) is 4.58. The van der Waals surface area contributed by atoms with E-state index in [1.165, 1.54) is 0 Å². The van der Waals surface area contributed by atoms with Gasteiger partial charge in [-0.1, -0.05) is 12.1 Å². The standard InChI is InChI=1S/C21H23N5O2/c1-13-11-17(19-14(2)24-25(3)20(19)23-13)21(28)22-12-15-6-8-16(9-7-15)26-10-4-5-18(26)27/h6-9,11H,4-5,10,12H2,1-3H3,(H,22,28). The average molecular weight is 377 g/mol. The number of nitrogens with one attached hydrogen (secondary N) is 1. The Hall–Kier alpha value is -3.22. The topological polar surface area (TPSA) is 80.1 Å². The lowest BCUT2D eigenvalue weighted by Gasteiger charge is -2.16. The molecule has 0 radical (unpaired) electrons. The Morgan fingerprint density at radius 3 is 2.64 bits per heavy atom. The summed E-state index contributed by atoms with van der Waals surface area (Å²) in [5.41, 5.74) is 4.76. The van der Waals surface area contributed by atoms with Gasteiger partial charge in [-0.2, -0.15) is 5.10 Å². The van der Waals surface area contributed by atoms with Crippen molar-refractivity contribution in [3.05, 3.63) is 52.8 Å². The van der Waals surface area contributed by atoms with Crippen LogP contribution < -0.4 is 10.2 Å². The molecule has 0 spiro atoms. The van der Waals surface area contributed by atoms with Crippen LogP contribution in [0.2, 0.25) is 0 Å². The number of pyridine rings is 1. The zero-order valence-electron chi connectivity index (χ0n) is 16.3. The van der Waals surface area contributed by atoms with Crippen molar-refractivity contribution < 1.29 is 9.59 Å². The van der Waals surface area contributed by atoms with E-state index in [0.717, 1.165) is 41.0 Å². The maximum atomic E-state index is 12.8. The fourth-order valence-electron chi connectivity index (χ4n) is 3.74. The average Bonchev–Trinajstić information content (AvgIpc) is 3.22. The van der Waals surface area contributed by atoms with Gasteiger partial charge in [-0.05, 0) is 44.0 Å². The summed E-state index contributed by atoms with van der Waals surface area (Å²) in [5, 5.41) is 8.16. The first-order chi connectivity index (χ1) is 13.4. The number of carbonyl (C=O) groups is 2. The summed E-state index contributed by atoms with van der Waals surface area (Å²) in [6, 6.07) is 9.57. The molecule has 1 aliphatic heterocycles. The van der Waals surface area contributed by atoms with E-state index in [9.17, 15) is 9.59 Å². The normalized spacial score (nSPS) is 14.1. The molecule has 7 heteroatoms. The van der Waals surface area contributed by atoms with E-state index in [1.54, 1.807) is 10.7 Å². The number of hydrogen-bond acceptors (Lipinski definition) is 4. The largest absolute Gasteiger partial charge is 0.348 e. The number of rotatable bonds is 4. The number of aryl methyl sites for hydroxylation is 3. The second-order valence-electron chi connectivity index (χ2n) is 7.22. The van der Waals surface area contributed by atoms with E-state index in [0.29, 0.717) is 24.2 Å². The van der Waals surface area contributed by atoms with Crippen LogP contribution in [-0.2, 0) is 18.4 Å². The number of benzene rings is 1. The first kappa shape index (κ1) is 18.2. The molecule has 2 amide bonds. The predicted octanol–water partition coefficient (Wildman–Crippen LogP) is 2.64. The van der Waals surface area contributed by atoms with Crippen molar-refractivity contribution in [1.82, 2.24) is 20.1 Å². The second-order valence-corrected chi connectivity index (χ2v) is 7.22. The van der Waals surface area contributed by atoms with Gasteiger partial charge >= 0.3 is 0 Å². The van der Waals surface area contributed by atoms with Crippen molar-refractivity contribution in [2.45, 2.75) is 33.2 Å². The van der Waals surface area contributed by atoms with Gasteiger partial charge < -0.3 is 10.2 Å². The highest BCUT2D eigenvalue weighted by molar-refractivity contribution is 6.06. The van der Waals surface area contributed by atoms with Crippen LogP contribution in [0.4, 0.5) is 5.69 Å². The van der Waals surface area contributed by atoms with Crippen LogP contribution in [0.3, 0.4) is 0 Å². The molecule has 0 aliphatic carbocycles. The fourth-order valence-corrected chi connectivity index (χ4v) is 3.74. The van der Waals surface area contributed by atoms with Crippen molar-refractivity contribution in [1.29, 1.82) is 0 Å². The highest BCUT2D eigenvalue weighted by Crippen LogP contribution is 2.23. The molecule has 144 valence electrons. The van der Waals surface area contributed by atoms with E-state index in [4.69, 9.17) is 0 Å². The van der Waals surface area contributed by atoms with Crippen LogP contribution in [-0.4, -0.2) is 33.1 Å². The van der Waals surface area contributed by atoms with E-state index in [-0.39, 0.29) is 11.8 Å². The lowest BCUT2D eigenvalue weighted by molar-refractivity contribution is -0.117. The number of nitrogens with zero attached hydrogens (tertiary/aromatic N) is 4. The molecule has 1 fully saturated rings. The first-order valence-electron chi connectivity index (χ1n) is 9.42. The number of fused-ring (bicyclic) bond motifs is 1. The third kappa shape index (κ3) is 3.24. The second kappa shape index (κ2) is 7.07. The van der Waals surface area contributed by atoms with Crippen LogP contribution in [0.25, 0.3) is 11.0 Å². The Morgan fingerprint density at radius 2 is 1.96 bits per heavy atom.